The largest absolute Gasteiger partial charge is 0.496 e. The maximum absolute atomic E-state index is 13.2. The first-order valence-corrected chi connectivity index (χ1v) is 12.9. The second-order valence-corrected chi connectivity index (χ2v) is 9.78. The summed E-state index contributed by atoms with van der Waals surface area (Å²) in [6, 6.07) is 19.0. The van der Waals surface area contributed by atoms with Gasteiger partial charge in [-0.25, -0.2) is 15.0 Å². The van der Waals surface area contributed by atoms with Crippen molar-refractivity contribution >= 4 is 44.2 Å². The number of aromatic nitrogens is 3. The summed E-state index contributed by atoms with van der Waals surface area (Å²) in [6.07, 6.45) is 1.92. The maximum Gasteiger partial charge on any atom is 0.274 e. The first-order valence-electron chi connectivity index (χ1n) is 12.1. The molecule has 9 heteroatoms. The first kappa shape index (κ1) is 23.5. The molecule has 2 aromatic carbocycles. The van der Waals surface area contributed by atoms with Crippen molar-refractivity contribution < 1.29 is 14.3 Å². The molecule has 0 bridgehead atoms. The van der Waals surface area contributed by atoms with Crippen LogP contribution < -0.4 is 10.1 Å². The number of rotatable bonds is 6. The number of hydrogen-bond acceptors (Lipinski definition) is 8. The summed E-state index contributed by atoms with van der Waals surface area (Å²) in [4.78, 5) is 30.6. The number of nitrogens with zero attached hydrogens (tertiary/aromatic N) is 4. The number of pyridine rings is 2. The Morgan fingerprint density at radius 3 is 2.73 bits per heavy atom. The van der Waals surface area contributed by atoms with Crippen molar-refractivity contribution in [2.75, 3.05) is 38.7 Å². The monoisotopic (exact) mass is 511 g/mol. The van der Waals surface area contributed by atoms with Crippen molar-refractivity contribution in [2.45, 2.75) is 6.54 Å². The van der Waals surface area contributed by atoms with Gasteiger partial charge in [-0.15, -0.1) is 0 Å². The van der Waals surface area contributed by atoms with Gasteiger partial charge in [0.2, 0.25) is 0 Å². The summed E-state index contributed by atoms with van der Waals surface area (Å²) in [7, 11) is 1.59. The number of amides is 1. The Balaban J connectivity index is 1.28. The van der Waals surface area contributed by atoms with Crippen molar-refractivity contribution in [3.63, 3.8) is 0 Å². The van der Waals surface area contributed by atoms with Crippen LogP contribution in [0, 0.1) is 0 Å². The van der Waals surface area contributed by atoms with Crippen molar-refractivity contribution in [3.05, 3.63) is 78.1 Å². The van der Waals surface area contributed by atoms with Crippen LogP contribution in [-0.2, 0) is 11.3 Å². The van der Waals surface area contributed by atoms with Crippen molar-refractivity contribution in [2.24, 2.45) is 0 Å². The Labute approximate surface area is 217 Å². The molecule has 5 aromatic rings. The highest BCUT2D eigenvalue weighted by Gasteiger charge is 2.17. The van der Waals surface area contributed by atoms with Gasteiger partial charge in [0.15, 0.2) is 0 Å². The highest BCUT2D eigenvalue weighted by Crippen LogP contribution is 2.34. The lowest BCUT2D eigenvalue weighted by molar-refractivity contribution is 0.0341. The summed E-state index contributed by atoms with van der Waals surface area (Å²) >= 11 is 1.51. The van der Waals surface area contributed by atoms with Gasteiger partial charge in [0.05, 0.1) is 31.5 Å². The number of anilines is 1. The molecule has 4 heterocycles. The van der Waals surface area contributed by atoms with E-state index in [-0.39, 0.29) is 11.6 Å². The third-order valence-electron chi connectivity index (χ3n) is 6.35. The predicted octanol–water partition coefficient (Wildman–Crippen LogP) is 5.00. The molecule has 6 rings (SSSR count). The molecule has 8 nitrogen and oxygen atoms in total. The molecule has 1 amide bonds. The van der Waals surface area contributed by atoms with Crippen LogP contribution in [0.25, 0.3) is 31.8 Å². The molecular weight excluding hydrogens is 486 g/mol. The summed E-state index contributed by atoms with van der Waals surface area (Å²) < 4.78 is 11.0. The van der Waals surface area contributed by atoms with Gasteiger partial charge < -0.3 is 14.8 Å². The number of carbonyl (C=O) groups is 1. The van der Waals surface area contributed by atoms with E-state index >= 15 is 0 Å². The minimum absolute atomic E-state index is 0.282. The Bertz CT molecular complexity index is 1600. The molecule has 1 aliphatic rings. The fraction of sp³-hybridized carbons (Fsp3) is 0.214. The number of benzene rings is 2. The highest BCUT2D eigenvalue weighted by molar-refractivity contribution is 7.21. The zero-order valence-corrected chi connectivity index (χ0v) is 21.1. The summed E-state index contributed by atoms with van der Waals surface area (Å²) in [6.45, 7) is 4.20. The molecule has 1 fully saturated rings. The lowest BCUT2D eigenvalue weighted by Crippen LogP contribution is -2.35. The average Bonchev–Trinajstić information content (AvgIpc) is 3.36. The van der Waals surface area contributed by atoms with E-state index in [2.05, 4.69) is 26.3 Å². The van der Waals surface area contributed by atoms with E-state index in [1.54, 1.807) is 13.2 Å². The molecule has 0 aliphatic carbocycles. The van der Waals surface area contributed by atoms with Gasteiger partial charge in [-0.3, -0.25) is 9.69 Å². The SMILES string of the molecule is COc1cc(C(=O)Nc2ccccc2-c2nc3cc(CN4CCOCC4)cnc3s2)nc2ccccc12. The Hall–Kier alpha value is -3.92. The molecule has 37 heavy (non-hydrogen) atoms. The molecule has 0 unspecified atom stereocenters. The minimum Gasteiger partial charge on any atom is -0.496 e. The fourth-order valence-corrected chi connectivity index (χ4v) is 5.41. The number of fused-ring (bicyclic) bond motifs is 2. The van der Waals surface area contributed by atoms with E-state index < -0.39 is 0 Å². The Kier molecular flexibility index (Phi) is 6.48. The van der Waals surface area contributed by atoms with Crippen LogP contribution in [0.2, 0.25) is 0 Å². The zero-order chi connectivity index (χ0) is 25.2. The second-order valence-electron chi connectivity index (χ2n) is 8.80. The minimum atomic E-state index is -0.316. The fourth-order valence-electron chi connectivity index (χ4n) is 4.48. The van der Waals surface area contributed by atoms with Crippen molar-refractivity contribution in [1.29, 1.82) is 0 Å². The maximum atomic E-state index is 13.2. The van der Waals surface area contributed by atoms with Crippen molar-refractivity contribution in [1.82, 2.24) is 19.9 Å². The van der Waals surface area contributed by atoms with E-state index in [0.717, 1.165) is 64.7 Å². The summed E-state index contributed by atoms with van der Waals surface area (Å²) in [5.41, 5.74) is 4.46. The number of carbonyl (C=O) groups excluding carboxylic acids is 1. The van der Waals surface area contributed by atoms with E-state index in [1.165, 1.54) is 11.3 Å². The Morgan fingerprint density at radius 2 is 1.86 bits per heavy atom. The predicted molar refractivity (Wildman–Crippen MR) is 145 cm³/mol. The van der Waals surface area contributed by atoms with Gasteiger partial charge in [0, 0.05) is 42.8 Å². The lowest BCUT2D eigenvalue weighted by atomic mass is 10.1. The van der Waals surface area contributed by atoms with Crippen LogP contribution in [-0.4, -0.2) is 59.2 Å². The molecular formula is C28H25N5O3S. The highest BCUT2D eigenvalue weighted by atomic mass is 32.1. The number of hydrogen-bond donors (Lipinski definition) is 1. The molecule has 1 N–H and O–H groups in total. The standard InChI is InChI=1S/C28H25N5O3S/c1-35-25-15-23(30-21-8-4-2-6-19(21)25)26(34)31-22-9-5-3-7-20(22)27-32-24-14-18(16-29-28(24)37-27)17-33-10-12-36-13-11-33/h2-9,14-16H,10-13,17H2,1H3,(H,31,34). The number of ether oxygens (including phenoxy) is 2. The summed E-state index contributed by atoms with van der Waals surface area (Å²) in [5, 5.41) is 4.68. The van der Waals surface area contributed by atoms with Crippen LogP contribution in [0.5, 0.6) is 5.75 Å². The first-order chi connectivity index (χ1) is 18.2. The molecule has 1 aliphatic heterocycles. The van der Waals surface area contributed by atoms with Crippen LogP contribution in [0.3, 0.4) is 0 Å². The van der Waals surface area contributed by atoms with E-state index in [9.17, 15) is 4.79 Å². The van der Waals surface area contributed by atoms with Gasteiger partial charge in [0.1, 0.15) is 26.8 Å². The topological polar surface area (TPSA) is 89.5 Å². The number of para-hydroxylation sites is 2. The second kappa shape index (κ2) is 10.2. The van der Waals surface area contributed by atoms with E-state index in [1.807, 2.05) is 54.7 Å². The number of nitrogens with one attached hydrogen (secondary N) is 1. The molecule has 0 spiro atoms. The number of thiazole rings is 1. The number of morpholine rings is 1. The average molecular weight is 512 g/mol. The van der Waals surface area contributed by atoms with Crippen LogP contribution in [0.1, 0.15) is 16.1 Å². The summed E-state index contributed by atoms with van der Waals surface area (Å²) in [5.74, 6) is 0.290. The van der Waals surface area contributed by atoms with Crippen LogP contribution in [0.4, 0.5) is 5.69 Å². The van der Waals surface area contributed by atoms with Gasteiger partial charge in [-0.1, -0.05) is 35.6 Å². The molecule has 3 aromatic heterocycles. The van der Waals surface area contributed by atoms with E-state index in [4.69, 9.17) is 14.5 Å². The van der Waals surface area contributed by atoms with Gasteiger partial charge in [-0.05, 0) is 35.9 Å². The van der Waals surface area contributed by atoms with Crippen LogP contribution >= 0.6 is 11.3 Å². The van der Waals surface area contributed by atoms with Gasteiger partial charge >= 0.3 is 0 Å². The number of methoxy groups -OCH3 is 1. The molecule has 0 atom stereocenters. The van der Waals surface area contributed by atoms with Gasteiger partial charge in [-0.2, -0.15) is 0 Å². The molecule has 0 saturated carbocycles. The lowest BCUT2D eigenvalue weighted by Gasteiger charge is -2.26. The zero-order valence-electron chi connectivity index (χ0n) is 20.3. The smallest absolute Gasteiger partial charge is 0.274 e. The molecule has 0 radical (unpaired) electrons. The third kappa shape index (κ3) is 4.89. The molecule has 1 saturated heterocycles. The van der Waals surface area contributed by atoms with Crippen molar-refractivity contribution in [3.8, 4) is 16.3 Å². The van der Waals surface area contributed by atoms with E-state index in [0.29, 0.717) is 17.0 Å². The Morgan fingerprint density at radius 1 is 1.05 bits per heavy atom. The van der Waals surface area contributed by atoms with Crippen LogP contribution in [0.15, 0.2) is 66.9 Å². The van der Waals surface area contributed by atoms with Gasteiger partial charge in [0.25, 0.3) is 5.91 Å². The normalized spacial score (nSPS) is 14.2. The third-order valence-corrected chi connectivity index (χ3v) is 7.36. The quantitative estimate of drug-likeness (QED) is 0.343. The molecule has 186 valence electrons.